The lowest BCUT2D eigenvalue weighted by Crippen LogP contribution is -2.18. The molecule has 0 aliphatic heterocycles. The molecule has 0 radical (unpaired) electrons. The van der Waals surface area contributed by atoms with Crippen molar-refractivity contribution >= 4 is 23.4 Å². The Morgan fingerprint density at radius 3 is 2.68 bits per heavy atom. The first-order chi connectivity index (χ1) is 11.8. The van der Waals surface area contributed by atoms with Crippen molar-refractivity contribution in [2.45, 2.75) is 23.6 Å². The second kappa shape index (κ2) is 7.09. The Morgan fingerprint density at radius 2 is 1.96 bits per heavy atom. The molecule has 0 spiro atoms. The molecule has 132 valence electrons. The summed E-state index contributed by atoms with van der Waals surface area (Å²) in [5, 5.41) is 9.34. The number of hydrogen-bond donors (Lipinski definition) is 0. The third-order valence-electron chi connectivity index (χ3n) is 3.43. The SMILES string of the molecule is Cn1c(SCc2nccn2CC(F)(F)F)nnc1-c1ccccc1Cl. The molecule has 10 heteroatoms. The number of benzene rings is 1. The van der Waals surface area contributed by atoms with Crippen LogP contribution < -0.4 is 0 Å². The molecule has 0 unspecified atom stereocenters. The van der Waals surface area contributed by atoms with E-state index in [0.29, 0.717) is 21.8 Å². The number of thioether (sulfide) groups is 1. The minimum Gasteiger partial charge on any atom is -0.325 e. The number of aromatic nitrogens is 5. The van der Waals surface area contributed by atoms with Gasteiger partial charge in [0.1, 0.15) is 12.4 Å². The van der Waals surface area contributed by atoms with E-state index in [1.165, 1.54) is 24.2 Å². The van der Waals surface area contributed by atoms with Crippen molar-refractivity contribution in [1.29, 1.82) is 0 Å². The van der Waals surface area contributed by atoms with E-state index in [4.69, 9.17) is 11.6 Å². The summed E-state index contributed by atoms with van der Waals surface area (Å²) in [5.41, 5.74) is 0.740. The molecule has 0 N–H and O–H groups in total. The van der Waals surface area contributed by atoms with Crippen LogP contribution in [0.15, 0.2) is 41.8 Å². The van der Waals surface area contributed by atoms with Crippen LogP contribution in [0, 0.1) is 0 Å². The van der Waals surface area contributed by atoms with E-state index in [9.17, 15) is 13.2 Å². The molecule has 3 aromatic rings. The van der Waals surface area contributed by atoms with Gasteiger partial charge in [0.25, 0.3) is 0 Å². The summed E-state index contributed by atoms with van der Waals surface area (Å²) in [5.74, 6) is 1.16. The van der Waals surface area contributed by atoms with Gasteiger partial charge in [-0.3, -0.25) is 0 Å². The predicted octanol–water partition coefficient (Wildman–Crippen LogP) is 4.19. The smallest absolute Gasteiger partial charge is 0.325 e. The van der Waals surface area contributed by atoms with Crippen LogP contribution in [0.4, 0.5) is 13.2 Å². The number of alkyl halides is 3. The molecule has 0 bridgehead atoms. The summed E-state index contributed by atoms with van der Waals surface area (Å²) in [6.07, 6.45) is -1.62. The predicted molar refractivity (Wildman–Crippen MR) is 89.3 cm³/mol. The number of rotatable bonds is 5. The zero-order chi connectivity index (χ0) is 18.0. The molecule has 2 heterocycles. The normalized spacial score (nSPS) is 11.9. The van der Waals surface area contributed by atoms with Gasteiger partial charge in [0, 0.05) is 25.0 Å². The van der Waals surface area contributed by atoms with Gasteiger partial charge in [0.2, 0.25) is 0 Å². The Balaban J connectivity index is 1.76. The summed E-state index contributed by atoms with van der Waals surface area (Å²) in [6, 6.07) is 7.25. The van der Waals surface area contributed by atoms with Crippen molar-refractivity contribution in [3.05, 3.63) is 47.5 Å². The van der Waals surface area contributed by atoms with Gasteiger partial charge in [-0.2, -0.15) is 13.2 Å². The third-order valence-corrected chi connectivity index (χ3v) is 4.78. The first-order valence-corrected chi connectivity index (χ1v) is 8.55. The van der Waals surface area contributed by atoms with Crippen LogP contribution in [0.25, 0.3) is 11.4 Å². The van der Waals surface area contributed by atoms with Crippen LogP contribution in [-0.4, -0.2) is 30.5 Å². The zero-order valence-electron chi connectivity index (χ0n) is 13.0. The summed E-state index contributed by atoms with van der Waals surface area (Å²) in [7, 11) is 1.78. The highest BCUT2D eigenvalue weighted by molar-refractivity contribution is 7.98. The monoisotopic (exact) mass is 387 g/mol. The maximum absolute atomic E-state index is 12.6. The second-order valence-electron chi connectivity index (χ2n) is 5.22. The van der Waals surface area contributed by atoms with Gasteiger partial charge >= 0.3 is 6.18 Å². The highest BCUT2D eigenvalue weighted by Crippen LogP contribution is 2.29. The van der Waals surface area contributed by atoms with Crippen LogP contribution in [0.2, 0.25) is 5.02 Å². The van der Waals surface area contributed by atoms with Crippen LogP contribution in [-0.2, 0) is 19.3 Å². The Kier molecular flexibility index (Phi) is 5.05. The lowest BCUT2D eigenvalue weighted by atomic mass is 10.2. The minimum absolute atomic E-state index is 0.248. The van der Waals surface area contributed by atoms with Crippen LogP contribution >= 0.6 is 23.4 Å². The molecular formula is C15H13ClF3N5S. The van der Waals surface area contributed by atoms with Crippen molar-refractivity contribution < 1.29 is 13.2 Å². The van der Waals surface area contributed by atoms with Gasteiger partial charge in [-0.25, -0.2) is 4.98 Å². The Hall–Kier alpha value is -2.00. The summed E-state index contributed by atoms with van der Waals surface area (Å²) < 4.78 is 40.5. The van der Waals surface area contributed by atoms with Gasteiger partial charge in [0.15, 0.2) is 11.0 Å². The Labute approximate surface area is 150 Å². The molecule has 5 nitrogen and oxygen atoms in total. The van der Waals surface area contributed by atoms with Crippen LogP contribution in [0.1, 0.15) is 5.82 Å². The topological polar surface area (TPSA) is 48.5 Å². The van der Waals surface area contributed by atoms with E-state index >= 15 is 0 Å². The number of imidazole rings is 1. The van der Waals surface area contributed by atoms with E-state index in [0.717, 1.165) is 10.1 Å². The van der Waals surface area contributed by atoms with Gasteiger partial charge in [-0.15, -0.1) is 10.2 Å². The summed E-state index contributed by atoms with van der Waals surface area (Å²) in [6.45, 7) is -1.06. The fourth-order valence-electron chi connectivity index (χ4n) is 2.26. The van der Waals surface area contributed by atoms with Crippen molar-refractivity contribution in [3.63, 3.8) is 0 Å². The van der Waals surface area contributed by atoms with Gasteiger partial charge < -0.3 is 9.13 Å². The lowest BCUT2D eigenvalue weighted by molar-refractivity contribution is -0.140. The lowest BCUT2D eigenvalue weighted by Gasteiger charge is -2.10. The third kappa shape index (κ3) is 4.16. The molecule has 0 saturated heterocycles. The molecule has 0 aliphatic rings. The molecule has 0 atom stereocenters. The molecule has 0 amide bonds. The first-order valence-electron chi connectivity index (χ1n) is 7.19. The first kappa shape index (κ1) is 17.8. The van der Waals surface area contributed by atoms with Crippen molar-refractivity contribution in [3.8, 4) is 11.4 Å². The Morgan fingerprint density at radius 1 is 1.20 bits per heavy atom. The van der Waals surface area contributed by atoms with Crippen LogP contribution in [0.3, 0.4) is 0 Å². The maximum atomic E-state index is 12.6. The molecule has 0 saturated carbocycles. The van der Waals surface area contributed by atoms with Crippen LogP contribution in [0.5, 0.6) is 0 Å². The van der Waals surface area contributed by atoms with Gasteiger partial charge in [0.05, 0.1) is 10.8 Å². The minimum atomic E-state index is -4.29. The number of nitrogens with zero attached hydrogens (tertiary/aromatic N) is 5. The second-order valence-corrected chi connectivity index (χ2v) is 6.57. The van der Waals surface area contributed by atoms with E-state index in [1.54, 1.807) is 17.7 Å². The van der Waals surface area contributed by atoms with E-state index in [2.05, 4.69) is 15.2 Å². The molecule has 1 aromatic carbocycles. The molecule has 25 heavy (non-hydrogen) atoms. The highest BCUT2D eigenvalue weighted by atomic mass is 35.5. The average molecular weight is 388 g/mol. The summed E-state index contributed by atoms with van der Waals surface area (Å²) >= 11 is 7.43. The molecule has 3 rings (SSSR count). The van der Waals surface area contributed by atoms with Crippen molar-refractivity contribution in [2.75, 3.05) is 0 Å². The number of halogens is 4. The van der Waals surface area contributed by atoms with Gasteiger partial charge in [-0.1, -0.05) is 35.5 Å². The van der Waals surface area contributed by atoms with E-state index in [1.807, 2.05) is 18.2 Å². The maximum Gasteiger partial charge on any atom is 0.406 e. The molecule has 0 fully saturated rings. The standard InChI is InChI=1S/C15H13ClF3N5S/c1-23-13(10-4-2-3-5-11(10)16)21-22-14(23)25-8-12-20-6-7-24(12)9-15(17,18)19/h2-7H,8-9H2,1H3. The molecule has 2 aromatic heterocycles. The average Bonchev–Trinajstić information content (AvgIpc) is 3.11. The quantitative estimate of drug-likeness (QED) is 0.616. The Bertz CT molecular complexity index is 874. The van der Waals surface area contributed by atoms with Crippen molar-refractivity contribution in [1.82, 2.24) is 24.3 Å². The molecule has 0 aliphatic carbocycles. The fraction of sp³-hybridized carbons (Fsp3) is 0.267. The van der Waals surface area contributed by atoms with E-state index in [-0.39, 0.29) is 5.75 Å². The highest BCUT2D eigenvalue weighted by Gasteiger charge is 2.28. The number of hydrogen-bond acceptors (Lipinski definition) is 4. The largest absolute Gasteiger partial charge is 0.406 e. The van der Waals surface area contributed by atoms with Gasteiger partial charge in [-0.05, 0) is 12.1 Å². The fourth-order valence-corrected chi connectivity index (χ4v) is 3.36. The zero-order valence-corrected chi connectivity index (χ0v) is 14.6. The van der Waals surface area contributed by atoms with Crippen molar-refractivity contribution in [2.24, 2.45) is 7.05 Å². The molecular weight excluding hydrogens is 375 g/mol. The summed E-state index contributed by atoms with van der Waals surface area (Å²) in [4.78, 5) is 3.99. The van der Waals surface area contributed by atoms with E-state index < -0.39 is 12.7 Å².